The van der Waals surface area contributed by atoms with E-state index in [9.17, 15) is 8.78 Å². The summed E-state index contributed by atoms with van der Waals surface area (Å²) < 4.78 is 63.5. The molecule has 226 valence electrons. The number of ether oxygens (including phenoxy) is 3. The van der Waals surface area contributed by atoms with E-state index in [1.807, 2.05) is 48.5 Å². The van der Waals surface area contributed by atoms with E-state index in [2.05, 4.69) is 6.08 Å². The molecule has 0 aromatic heterocycles. The summed E-state index contributed by atoms with van der Waals surface area (Å²) in [6.45, 7) is 0. The van der Waals surface area contributed by atoms with E-state index in [4.69, 9.17) is 14.2 Å². The van der Waals surface area contributed by atoms with Gasteiger partial charge in [0.05, 0.1) is 14.2 Å². The minimum atomic E-state index is -1.11. The Labute approximate surface area is 259 Å². The molecule has 1 atom stereocenters. The number of fused-ring (bicyclic) bond motifs is 10. The predicted molar refractivity (Wildman–Crippen MR) is 170 cm³/mol. The summed E-state index contributed by atoms with van der Waals surface area (Å²) in [6, 6.07) is 22.3. The van der Waals surface area contributed by atoms with Crippen LogP contribution in [0.4, 0.5) is 13.2 Å². The quantitative estimate of drug-likeness (QED) is 0.204. The van der Waals surface area contributed by atoms with Gasteiger partial charge >= 0.3 is 0 Å². The third-order valence-corrected chi connectivity index (χ3v) is 10.0. The van der Waals surface area contributed by atoms with Gasteiger partial charge in [-0.05, 0) is 89.5 Å². The average molecular weight is 605 g/mol. The van der Waals surface area contributed by atoms with Crippen molar-refractivity contribution >= 4 is 16.8 Å². The number of hydrogen-bond donors (Lipinski definition) is 0. The van der Waals surface area contributed by atoms with Crippen LogP contribution in [0.25, 0.3) is 28.0 Å². The van der Waals surface area contributed by atoms with Gasteiger partial charge in [-0.1, -0.05) is 49.6 Å². The van der Waals surface area contributed by atoms with Crippen molar-refractivity contribution in [3.63, 3.8) is 0 Å². The van der Waals surface area contributed by atoms with Gasteiger partial charge in [-0.2, -0.15) is 0 Å². The molecule has 1 saturated carbocycles. The maximum Gasteiger partial charge on any atom is 0.178 e. The lowest BCUT2D eigenvalue weighted by Crippen LogP contribution is -2.36. The second-order valence-corrected chi connectivity index (χ2v) is 12.3. The molecule has 1 unspecified atom stereocenters. The number of methoxy groups -OCH3 is 2. The van der Waals surface area contributed by atoms with Crippen LogP contribution in [0.15, 0.2) is 84.9 Å². The van der Waals surface area contributed by atoms with Crippen molar-refractivity contribution in [2.75, 3.05) is 14.2 Å². The molecule has 0 radical (unpaired) electrons. The Bertz CT molecular complexity index is 2010. The van der Waals surface area contributed by atoms with Gasteiger partial charge < -0.3 is 14.2 Å². The Balaban J connectivity index is 1.47. The Kier molecular flexibility index (Phi) is 6.28. The molecule has 1 spiro atoms. The molecule has 1 fully saturated rings. The summed E-state index contributed by atoms with van der Waals surface area (Å²) in [4.78, 5) is 0. The van der Waals surface area contributed by atoms with E-state index in [0.717, 1.165) is 76.8 Å². The molecule has 45 heavy (non-hydrogen) atoms. The van der Waals surface area contributed by atoms with Gasteiger partial charge in [-0.15, -0.1) is 0 Å². The fourth-order valence-electron chi connectivity index (χ4n) is 8.08. The summed E-state index contributed by atoms with van der Waals surface area (Å²) >= 11 is 0. The van der Waals surface area contributed by atoms with E-state index >= 15 is 4.39 Å². The minimum absolute atomic E-state index is 0.344. The van der Waals surface area contributed by atoms with E-state index in [1.165, 1.54) is 18.2 Å². The van der Waals surface area contributed by atoms with Gasteiger partial charge in [0, 0.05) is 39.1 Å². The molecular weight excluding hydrogens is 573 g/mol. The minimum Gasteiger partial charge on any atom is -0.497 e. The molecule has 6 heteroatoms. The maximum absolute atomic E-state index is 16.0. The normalized spacial score (nSPS) is 19.1. The van der Waals surface area contributed by atoms with E-state index in [-0.39, 0.29) is 5.82 Å². The summed E-state index contributed by atoms with van der Waals surface area (Å²) in [6.07, 6.45) is 8.56. The molecule has 0 saturated heterocycles. The van der Waals surface area contributed by atoms with Crippen molar-refractivity contribution in [2.24, 2.45) is 0 Å². The van der Waals surface area contributed by atoms with Crippen LogP contribution < -0.4 is 14.2 Å². The van der Waals surface area contributed by atoms with Crippen LogP contribution in [0.2, 0.25) is 0 Å². The van der Waals surface area contributed by atoms with Crippen LogP contribution in [-0.4, -0.2) is 14.2 Å². The monoisotopic (exact) mass is 604 g/mol. The first-order valence-electron chi connectivity index (χ1n) is 15.4. The molecule has 0 bridgehead atoms. The Morgan fingerprint density at radius 1 is 0.667 bits per heavy atom. The van der Waals surface area contributed by atoms with Gasteiger partial charge in [-0.3, -0.25) is 0 Å². The topological polar surface area (TPSA) is 27.7 Å². The number of benzene rings is 5. The highest BCUT2D eigenvalue weighted by Gasteiger charge is 2.50. The predicted octanol–water partition coefficient (Wildman–Crippen LogP) is 9.85. The largest absolute Gasteiger partial charge is 0.497 e. The molecule has 0 N–H and O–H groups in total. The van der Waals surface area contributed by atoms with Crippen LogP contribution >= 0.6 is 0 Å². The van der Waals surface area contributed by atoms with E-state index < -0.39 is 22.7 Å². The van der Waals surface area contributed by atoms with Crippen molar-refractivity contribution in [1.29, 1.82) is 0 Å². The van der Waals surface area contributed by atoms with Gasteiger partial charge in [0.1, 0.15) is 34.7 Å². The molecule has 8 rings (SSSR count). The fourth-order valence-corrected chi connectivity index (χ4v) is 8.08. The number of halogens is 3. The zero-order valence-electron chi connectivity index (χ0n) is 25.1. The number of hydrogen-bond acceptors (Lipinski definition) is 3. The third-order valence-electron chi connectivity index (χ3n) is 10.0. The van der Waals surface area contributed by atoms with Crippen molar-refractivity contribution in [1.82, 2.24) is 0 Å². The van der Waals surface area contributed by atoms with Gasteiger partial charge in [0.2, 0.25) is 0 Å². The summed E-state index contributed by atoms with van der Waals surface area (Å²) in [7, 11) is 3.23. The highest BCUT2D eigenvalue weighted by Crippen LogP contribution is 2.62. The van der Waals surface area contributed by atoms with Gasteiger partial charge in [-0.25, -0.2) is 13.2 Å². The standard InChI is InChI=1S/C39H31F3O3/c1-43-27-12-8-24(9-13-27)39(23-6-10-25(40)11-7-23)19-16-30-36-34(29-15-14-28(44-2)22-31(29)37(30)45-39)32-20-26(41)21-33(42)35(32)38(36)17-4-3-5-18-38/h6-16,19-22H,3-5,17-18H2,1-2H3. The lowest BCUT2D eigenvalue weighted by atomic mass is 9.66. The highest BCUT2D eigenvalue weighted by molar-refractivity contribution is 6.09. The molecule has 1 aliphatic heterocycles. The molecule has 2 aliphatic carbocycles. The second kappa shape index (κ2) is 10.2. The van der Waals surface area contributed by atoms with E-state index in [1.54, 1.807) is 26.4 Å². The zero-order valence-corrected chi connectivity index (χ0v) is 25.1. The Hall–Kier alpha value is -4.71. The summed E-state index contributed by atoms with van der Waals surface area (Å²) in [5.41, 5.74) is 3.76. The number of rotatable bonds is 4. The summed E-state index contributed by atoms with van der Waals surface area (Å²) in [5.74, 6) is 0.527. The molecule has 3 aliphatic rings. The first-order chi connectivity index (χ1) is 21.9. The van der Waals surface area contributed by atoms with Crippen molar-refractivity contribution < 1.29 is 27.4 Å². The van der Waals surface area contributed by atoms with Gasteiger partial charge in [0.25, 0.3) is 0 Å². The van der Waals surface area contributed by atoms with Crippen molar-refractivity contribution in [3.05, 3.63) is 130 Å². The lowest BCUT2D eigenvalue weighted by molar-refractivity contribution is 0.163. The highest BCUT2D eigenvalue weighted by atomic mass is 19.1. The SMILES string of the molecule is COc1ccc(C2(c3ccc(F)cc3)C=Cc3c4c(c5ccc(OC)cc5c3O2)-c2cc(F)cc(F)c2C42CCCCC2)cc1. The Morgan fingerprint density at radius 2 is 1.33 bits per heavy atom. The maximum atomic E-state index is 16.0. The van der Waals surface area contributed by atoms with Gasteiger partial charge in [0.15, 0.2) is 5.60 Å². The molecule has 5 aromatic rings. The van der Waals surface area contributed by atoms with Crippen molar-refractivity contribution in [2.45, 2.75) is 43.1 Å². The second-order valence-electron chi connectivity index (χ2n) is 12.3. The van der Waals surface area contributed by atoms with Crippen LogP contribution in [0.3, 0.4) is 0 Å². The molecule has 0 amide bonds. The van der Waals surface area contributed by atoms with E-state index in [0.29, 0.717) is 28.4 Å². The molecule has 1 heterocycles. The Morgan fingerprint density at radius 3 is 2.02 bits per heavy atom. The van der Waals surface area contributed by atoms with Crippen LogP contribution in [-0.2, 0) is 11.0 Å². The van der Waals surface area contributed by atoms with Crippen LogP contribution in [0.1, 0.15) is 59.9 Å². The van der Waals surface area contributed by atoms with Crippen molar-refractivity contribution in [3.8, 4) is 28.4 Å². The molecular formula is C39H31F3O3. The first-order valence-corrected chi connectivity index (χ1v) is 15.4. The third kappa shape index (κ3) is 3.97. The summed E-state index contributed by atoms with van der Waals surface area (Å²) in [5, 5.41) is 1.62. The molecule has 5 aromatic carbocycles. The molecule has 3 nitrogen and oxygen atoms in total. The van der Waals surface area contributed by atoms with Crippen LogP contribution in [0, 0.1) is 17.5 Å². The zero-order chi connectivity index (χ0) is 30.9. The fraction of sp³-hybridized carbons (Fsp3) is 0.231. The average Bonchev–Trinajstić information content (AvgIpc) is 3.34. The van der Waals surface area contributed by atoms with Crippen LogP contribution in [0.5, 0.6) is 17.2 Å². The lowest BCUT2D eigenvalue weighted by Gasteiger charge is -2.41. The smallest absolute Gasteiger partial charge is 0.178 e. The first kappa shape index (κ1) is 27.8.